The lowest BCUT2D eigenvalue weighted by Crippen LogP contribution is -2.53. The van der Waals surface area contributed by atoms with Gasteiger partial charge < -0.3 is 15.5 Å². The third-order valence-corrected chi connectivity index (χ3v) is 5.33. The number of benzene rings is 1. The van der Waals surface area contributed by atoms with E-state index in [4.69, 9.17) is 5.73 Å². The maximum Gasteiger partial charge on any atom is 0.253 e. The zero-order valence-corrected chi connectivity index (χ0v) is 14.5. The molecule has 136 valence electrons. The second-order valence-electron chi connectivity index (χ2n) is 7.01. The van der Waals surface area contributed by atoms with E-state index in [0.29, 0.717) is 25.2 Å². The molecule has 0 bridgehead atoms. The molecule has 2 heterocycles. The second-order valence-corrected chi connectivity index (χ2v) is 7.01. The summed E-state index contributed by atoms with van der Waals surface area (Å²) in [6.45, 7) is 2.34. The molecule has 2 fully saturated rings. The lowest BCUT2D eigenvalue weighted by atomic mass is 9.93. The summed E-state index contributed by atoms with van der Waals surface area (Å²) in [4.78, 5) is 29.2. The highest BCUT2D eigenvalue weighted by molar-refractivity contribution is 5.94. The highest BCUT2D eigenvalue weighted by Crippen LogP contribution is 2.25. The van der Waals surface area contributed by atoms with E-state index in [-0.39, 0.29) is 29.6 Å². The van der Waals surface area contributed by atoms with Gasteiger partial charge in [-0.2, -0.15) is 0 Å². The van der Waals surface area contributed by atoms with Crippen LogP contribution in [0, 0.1) is 11.7 Å². The van der Waals surface area contributed by atoms with E-state index in [1.54, 1.807) is 4.90 Å². The molecule has 2 N–H and O–H groups in total. The van der Waals surface area contributed by atoms with Crippen LogP contribution in [0.3, 0.4) is 0 Å². The number of halogens is 1. The first-order valence-electron chi connectivity index (χ1n) is 9.15. The molecule has 2 aliphatic heterocycles. The van der Waals surface area contributed by atoms with Crippen molar-refractivity contribution in [3.05, 3.63) is 35.6 Å². The van der Waals surface area contributed by atoms with Gasteiger partial charge in [0.2, 0.25) is 5.91 Å². The first-order chi connectivity index (χ1) is 12.1. The van der Waals surface area contributed by atoms with Gasteiger partial charge in [0.05, 0.1) is 5.92 Å². The predicted octanol–water partition coefficient (Wildman–Crippen LogP) is 2.02. The topological polar surface area (TPSA) is 66.6 Å². The van der Waals surface area contributed by atoms with Crippen molar-refractivity contribution >= 4 is 11.8 Å². The number of carbonyl (C=O) groups is 2. The van der Waals surface area contributed by atoms with Gasteiger partial charge in [-0.3, -0.25) is 9.59 Å². The Balaban J connectivity index is 1.67. The monoisotopic (exact) mass is 347 g/mol. The molecule has 25 heavy (non-hydrogen) atoms. The Morgan fingerprint density at radius 1 is 1.08 bits per heavy atom. The van der Waals surface area contributed by atoms with Crippen LogP contribution < -0.4 is 5.73 Å². The lowest BCUT2D eigenvalue weighted by Gasteiger charge is -2.40. The zero-order valence-electron chi connectivity index (χ0n) is 14.5. The Morgan fingerprint density at radius 3 is 2.56 bits per heavy atom. The Morgan fingerprint density at radius 2 is 1.84 bits per heavy atom. The van der Waals surface area contributed by atoms with E-state index >= 15 is 0 Å². The van der Waals surface area contributed by atoms with Crippen LogP contribution >= 0.6 is 0 Å². The van der Waals surface area contributed by atoms with Gasteiger partial charge in [-0.15, -0.1) is 0 Å². The highest BCUT2D eigenvalue weighted by Gasteiger charge is 2.34. The average molecular weight is 347 g/mol. The molecule has 2 saturated heterocycles. The Bertz CT molecular complexity index is 620. The van der Waals surface area contributed by atoms with E-state index in [9.17, 15) is 14.0 Å². The molecule has 0 radical (unpaired) electrons. The van der Waals surface area contributed by atoms with Gasteiger partial charge in [0.15, 0.2) is 0 Å². The molecule has 0 aliphatic carbocycles. The molecule has 3 rings (SSSR count). The van der Waals surface area contributed by atoms with Crippen LogP contribution in [-0.2, 0) is 4.79 Å². The molecular weight excluding hydrogens is 321 g/mol. The van der Waals surface area contributed by atoms with E-state index in [1.165, 1.54) is 24.3 Å². The summed E-state index contributed by atoms with van der Waals surface area (Å²) < 4.78 is 13.1. The second kappa shape index (κ2) is 7.95. The van der Waals surface area contributed by atoms with Crippen molar-refractivity contribution in [2.75, 3.05) is 26.2 Å². The Labute approximate surface area is 148 Å². The Hall–Kier alpha value is -1.95. The van der Waals surface area contributed by atoms with Gasteiger partial charge in [-0.25, -0.2) is 4.39 Å². The summed E-state index contributed by atoms with van der Waals surface area (Å²) in [6, 6.07) is 5.71. The fourth-order valence-corrected chi connectivity index (χ4v) is 3.91. The average Bonchev–Trinajstić information content (AvgIpc) is 2.67. The first-order valence-corrected chi connectivity index (χ1v) is 9.15. The van der Waals surface area contributed by atoms with Crippen molar-refractivity contribution < 1.29 is 14.0 Å². The maximum atomic E-state index is 13.1. The maximum absolute atomic E-state index is 13.1. The quantitative estimate of drug-likeness (QED) is 0.910. The van der Waals surface area contributed by atoms with Crippen molar-refractivity contribution in [3.8, 4) is 0 Å². The van der Waals surface area contributed by atoms with Crippen LogP contribution in [0.2, 0.25) is 0 Å². The number of nitrogens with two attached hydrogens (primary N) is 1. The molecule has 1 aromatic rings. The van der Waals surface area contributed by atoms with Crippen molar-refractivity contribution in [2.24, 2.45) is 11.7 Å². The standard InChI is InChI=1S/C19H26FN3O2/c20-16-8-6-14(7-9-16)18(24)22-10-3-4-15(13-22)19(25)23-11-2-1-5-17(23)12-21/h6-9,15,17H,1-5,10-13,21H2. The third kappa shape index (κ3) is 4.00. The van der Waals surface area contributed by atoms with Gasteiger partial charge in [0.1, 0.15) is 5.82 Å². The van der Waals surface area contributed by atoms with Crippen LogP contribution in [0.1, 0.15) is 42.5 Å². The molecule has 5 nitrogen and oxygen atoms in total. The molecule has 6 heteroatoms. The molecule has 1 aromatic carbocycles. The number of nitrogens with zero attached hydrogens (tertiary/aromatic N) is 2. The van der Waals surface area contributed by atoms with Gasteiger partial charge >= 0.3 is 0 Å². The smallest absolute Gasteiger partial charge is 0.253 e. The normalized spacial score (nSPS) is 24.2. The molecule has 2 atom stereocenters. The number of hydrogen-bond donors (Lipinski definition) is 1. The lowest BCUT2D eigenvalue weighted by molar-refractivity contribution is -0.140. The largest absolute Gasteiger partial charge is 0.338 e. The van der Waals surface area contributed by atoms with Crippen LogP contribution in [0.25, 0.3) is 0 Å². The van der Waals surface area contributed by atoms with Crippen molar-refractivity contribution in [2.45, 2.75) is 38.1 Å². The van der Waals surface area contributed by atoms with Crippen molar-refractivity contribution in [1.82, 2.24) is 9.80 Å². The molecular formula is C19H26FN3O2. The number of carbonyl (C=O) groups excluding carboxylic acids is 2. The summed E-state index contributed by atoms with van der Waals surface area (Å²) >= 11 is 0. The minimum atomic E-state index is -0.360. The van der Waals surface area contributed by atoms with Crippen molar-refractivity contribution in [3.63, 3.8) is 0 Å². The highest BCUT2D eigenvalue weighted by atomic mass is 19.1. The van der Waals surface area contributed by atoms with Crippen molar-refractivity contribution in [1.29, 1.82) is 0 Å². The number of hydrogen-bond acceptors (Lipinski definition) is 3. The summed E-state index contributed by atoms with van der Waals surface area (Å²) in [5.74, 6) is -0.523. The van der Waals surface area contributed by atoms with Crippen LogP contribution in [0.15, 0.2) is 24.3 Å². The van der Waals surface area contributed by atoms with E-state index in [0.717, 1.165) is 38.6 Å². The summed E-state index contributed by atoms with van der Waals surface area (Å²) in [5.41, 5.74) is 6.30. The fraction of sp³-hybridized carbons (Fsp3) is 0.579. The predicted molar refractivity (Wildman–Crippen MR) is 93.4 cm³/mol. The van der Waals surface area contributed by atoms with E-state index in [1.807, 2.05) is 4.90 Å². The molecule has 0 saturated carbocycles. The van der Waals surface area contributed by atoms with Gasteiger partial charge in [0.25, 0.3) is 5.91 Å². The number of amides is 2. The molecule has 2 unspecified atom stereocenters. The summed E-state index contributed by atoms with van der Waals surface area (Å²) in [6.07, 6.45) is 4.72. The fourth-order valence-electron chi connectivity index (χ4n) is 3.91. The first kappa shape index (κ1) is 17.9. The molecule has 2 aliphatic rings. The number of likely N-dealkylation sites (tertiary alicyclic amines) is 2. The van der Waals surface area contributed by atoms with Gasteiger partial charge in [-0.1, -0.05) is 0 Å². The van der Waals surface area contributed by atoms with E-state index < -0.39 is 0 Å². The van der Waals surface area contributed by atoms with Gasteiger partial charge in [-0.05, 0) is 56.4 Å². The van der Waals surface area contributed by atoms with Crippen LogP contribution in [0.4, 0.5) is 4.39 Å². The zero-order chi connectivity index (χ0) is 17.8. The SMILES string of the molecule is NCC1CCCCN1C(=O)C1CCCN(C(=O)c2ccc(F)cc2)C1. The molecule has 0 aromatic heterocycles. The summed E-state index contributed by atoms with van der Waals surface area (Å²) in [7, 11) is 0. The summed E-state index contributed by atoms with van der Waals surface area (Å²) in [5, 5.41) is 0. The minimum Gasteiger partial charge on any atom is -0.338 e. The molecule has 0 spiro atoms. The number of rotatable bonds is 3. The van der Waals surface area contributed by atoms with Gasteiger partial charge in [0, 0.05) is 37.8 Å². The minimum absolute atomic E-state index is 0.129. The van der Waals surface area contributed by atoms with Crippen LogP contribution in [0.5, 0.6) is 0 Å². The molecule has 2 amide bonds. The Kier molecular flexibility index (Phi) is 5.68. The number of piperidine rings is 2. The van der Waals surface area contributed by atoms with Crippen LogP contribution in [-0.4, -0.2) is 53.8 Å². The van der Waals surface area contributed by atoms with E-state index in [2.05, 4.69) is 0 Å². The third-order valence-electron chi connectivity index (χ3n) is 5.33.